The van der Waals surface area contributed by atoms with Gasteiger partial charge in [0.15, 0.2) is 0 Å². The van der Waals surface area contributed by atoms with Gasteiger partial charge in [-0.3, -0.25) is 0 Å². The summed E-state index contributed by atoms with van der Waals surface area (Å²) in [6, 6.07) is 6.38. The third-order valence-electron chi connectivity index (χ3n) is 4.93. The van der Waals surface area contributed by atoms with Crippen molar-refractivity contribution in [3.05, 3.63) is 29.3 Å². The average molecular weight is 289 g/mol. The van der Waals surface area contributed by atoms with Gasteiger partial charge in [0.1, 0.15) is 5.75 Å². The molecule has 2 unspecified atom stereocenters. The van der Waals surface area contributed by atoms with Crippen LogP contribution in [-0.2, 0) is 11.2 Å². The van der Waals surface area contributed by atoms with Gasteiger partial charge >= 0.3 is 0 Å². The Morgan fingerprint density at radius 2 is 2.10 bits per heavy atom. The molecule has 1 aromatic rings. The van der Waals surface area contributed by atoms with Crippen molar-refractivity contribution in [1.82, 2.24) is 0 Å². The minimum atomic E-state index is -0.0288. The summed E-state index contributed by atoms with van der Waals surface area (Å²) in [5.74, 6) is 1.63. The van der Waals surface area contributed by atoms with Crippen molar-refractivity contribution >= 4 is 0 Å². The highest BCUT2D eigenvalue weighted by atomic mass is 16.5. The molecule has 0 saturated heterocycles. The quantitative estimate of drug-likeness (QED) is 0.900. The molecule has 2 N–H and O–H groups in total. The fraction of sp³-hybridized carbons (Fsp3) is 0.667. The predicted molar refractivity (Wildman–Crippen MR) is 84.6 cm³/mol. The highest BCUT2D eigenvalue weighted by molar-refractivity contribution is 5.41. The monoisotopic (exact) mass is 289 g/mol. The molecule has 1 aliphatic carbocycles. The topological polar surface area (TPSA) is 44.5 Å². The van der Waals surface area contributed by atoms with Gasteiger partial charge in [-0.2, -0.15) is 0 Å². The van der Waals surface area contributed by atoms with Crippen molar-refractivity contribution in [2.45, 2.75) is 57.6 Å². The van der Waals surface area contributed by atoms with Gasteiger partial charge in [0.25, 0.3) is 0 Å². The van der Waals surface area contributed by atoms with Gasteiger partial charge in [0.2, 0.25) is 0 Å². The largest absolute Gasteiger partial charge is 0.493 e. The average Bonchev–Trinajstić information content (AvgIpc) is 3.00. The van der Waals surface area contributed by atoms with E-state index in [4.69, 9.17) is 15.2 Å². The summed E-state index contributed by atoms with van der Waals surface area (Å²) in [4.78, 5) is 0. The van der Waals surface area contributed by atoms with Crippen LogP contribution in [0.5, 0.6) is 5.75 Å². The maximum absolute atomic E-state index is 6.58. The Bertz CT molecular complexity index is 468. The first-order valence-corrected chi connectivity index (χ1v) is 8.42. The second-order valence-corrected chi connectivity index (χ2v) is 6.31. The lowest BCUT2D eigenvalue weighted by atomic mass is 9.81. The molecule has 0 radical (unpaired) electrons. The van der Waals surface area contributed by atoms with Crippen LogP contribution in [0, 0.1) is 5.92 Å². The SMILES string of the molecule is CCOC(C1CCCCC1)C(N)c1ccc2c(c1)CCO2. The Morgan fingerprint density at radius 3 is 2.86 bits per heavy atom. The number of fused-ring (bicyclic) bond motifs is 1. The fourth-order valence-corrected chi connectivity index (χ4v) is 3.79. The second kappa shape index (κ2) is 6.80. The number of benzene rings is 1. The lowest BCUT2D eigenvalue weighted by Crippen LogP contribution is -2.36. The smallest absolute Gasteiger partial charge is 0.122 e. The predicted octanol–water partition coefficient (Wildman–Crippen LogP) is 3.61. The zero-order valence-electron chi connectivity index (χ0n) is 13.0. The molecule has 21 heavy (non-hydrogen) atoms. The summed E-state index contributed by atoms with van der Waals surface area (Å²) in [5, 5.41) is 0. The number of rotatable bonds is 5. The summed E-state index contributed by atoms with van der Waals surface area (Å²) in [7, 11) is 0. The molecule has 0 amide bonds. The Kier molecular flexibility index (Phi) is 4.81. The maximum atomic E-state index is 6.58. The van der Waals surface area contributed by atoms with Crippen LogP contribution < -0.4 is 10.5 Å². The van der Waals surface area contributed by atoms with Gasteiger partial charge in [-0.1, -0.05) is 31.4 Å². The Labute approximate surface area is 127 Å². The van der Waals surface area contributed by atoms with E-state index in [1.807, 2.05) is 0 Å². The lowest BCUT2D eigenvalue weighted by molar-refractivity contribution is -0.00986. The van der Waals surface area contributed by atoms with E-state index in [0.29, 0.717) is 5.92 Å². The van der Waals surface area contributed by atoms with Gasteiger partial charge in [0, 0.05) is 13.0 Å². The van der Waals surface area contributed by atoms with Gasteiger partial charge in [0.05, 0.1) is 18.8 Å². The van der Waals surface area contributed by atoms with Crippen LogP contribution >= 0.6 is 0 Å². The molecule has 3 nitrogen and oxygen atoms in total. The first-order chi connectivity index (χ1) is 10.3. The second-order valence-electron chi connectivity index (χ2n) is 6.31. The van der Waals surface area contributed by atoms with Gasteiger partial charge < -0.3 is 15.2 Å². The van der Waals surface area contributed by atoms with Gasteiger partial charge in [-0.15, -0.1) is 0 Å². The molecule has 1 heterocycles. The van der Waals surface area contributed by atoms with Crippen LogP contribution in [0.3, 0.4) is 0 Å². The summed E-state index contributed by atoms with van der Waals surface area (Å²) >= 11 is 0. The highest BCUT2D eigenvalue weighted by Gasteiger charge is 2.30. The Balaban J connectivity index is 1.77. The summed E-state index contributed by atoms with van der Waals surface area (Å²) < 4.78 is 11.6. The molecule has 116 valence electrons. The zero-order chi connectivity index (χ0) is 14.7. The van der Waals surface area contributed by atoms with Crippen molar-refractivity contribution in [2.24, 2.45) is 11.7 Å². The molecule has 3 rings (SSSR count). The Hall–Kier alpha value is -1.06. The molecular weight excluding hydrogens is 262 g/mol. The van der Waals surface area contributed by atoms with Crippen molar-refractivity contribution < 1.29 is 9.47 Å². The first-order valence-electron chi connectivity index (χ1n) is 8.42. The molecular formula is C18H27NO2. The van der Waals surface area contributed by atoms with E-state index in [1.165, 1.54) is 43.2 Å². The number of nitrogens with two attached hydrogens (primary N) is 1. The van der Waals surface area contributed by atoms with Gasteiger partial charge in [-0.05, 0) is 42.9 Å². The van der Waals surface area contributed by atoms with Crippen LogP contribution in [0.25, 0.3) is 0 Å². The van der Waals surface area contributed by atoms with Crippen LogP contribution in [0.4, 0.5) is 0 Å². The van der Waals surface area contributed by atoms with Crippen LogP contribution in [0.15, 0.2) is 18.2 Å². The summed E-state index contributed by atoms with van der Waals surface area (Å²) in [5.41, 5.74) is 9.08. The van der Waals surface area contributed by atoms with Crippen LogP contribution in [0.1, 0.15) is 56.2 Å². The number of hydrogen-bond acceptors (Lipinski definition) is 3. The molecule has 0 spiro atoms. The third kappa shape index (κ3) is 3.24. The lowest BCUT2D eigenvalue weighted by Gasteiger charge is -2.34. The maximum Gasteiger partial charge on any atom is 0.122 e. The molecule has 1 aliphatic heterocycles. The van der Waals surface area contributed by atoms with Crippen molar-refractivity contribution in [2.75, 3.05) is 13.2 Å². The molecule has 1 fully saturated rings. The third-order valence-corrected chi connectivity index (χ3v) is 4.93. The molecule has 2 aliphatic rings. The standard InChI is InChI=1S/C18H27NO2/c1-2-20-18(13-6-4-3-5-7-13)17(19)15-8-9-16-14(12-15)10-11-21-16/h8-9,12-13,17-18H,2-7,10-11,19H2,1H3. The van der Waals surface area contributed by atoms with E-state index >= 15 is 0 Å². The fourth-order valence-electron chi connectivity index (χ4n) is 3.79. The van der Waals surface area contributed by atoms with E-state index in [1.54, 1.807) is 0 Å². The molecule has 2 atom stereocenters. The molecule has 3 heteroatoms. The van der Waals surface area contributed by atoms with Crippen LogP contribution in [0.2, 0.25) is 0 Å². The van der Waals surface area contributed by atoms with E-state index in [0.717, 1.165) is 25.4 Å². The van der Waals surface area contributed by atoms with E-state index in [2.05, 4.69) is 25.1 Å². The van der Waals surface area contributed by atoms with E-state index in [-0.39, 0.29) is 12.1 Å². The molecule has 1 saturated carbocycles. The number of ether oxygens (including phenoxy) is 2. The van der Waals surface area contributed by atoms with Gasteiger partial charge in [-0.25, -0.2) is 0 Å². The number of hydrogen-bond donors (Lipinski definition) is 1. The van der Waals surface area contributed by atoms with Crippen LogP contribution in [-0.4, -0.2) is 19.3 Å². The first kappa shape index (κ1) is 14.9. The van der Waals surface area contributed by atoms with E-state index in [9.17, 15) is 0 Å². The minimum absolute atomic E-state index is 0.0288. The Morgan fingerprint density at radius 1 is 1.29 bits per heavy atom. The highest BCUT2D eigenvalue weighted by Crippen LogP contribution is 2.35. The van der Waals surface area contributed by atoms with Crippen molar-refractivity contribution in [1.29, 1.82) is 0 Å². The van der Waals surface area contributed by atoms with Crippen molar-refractivity contribution in [3.8, 4) is 5.75 Å². The van der Waals surface area contributed by atoms with E-state index < -0.39 is 0 Å². The minimum Gasteiger partial charge on any atom is -0.493 e. The molecule has 0 bridgehead atoms. The zero-order valence-corrected chi connectivity index (χ0v) is 13.0. The molecule has 1 aromatic carbocycles. The summed E-state index contributed by atoms with van der Waals surface area (Å²) in [6.45, 7) is 3.60. The molecule has 0 aromatic heterocycles. The summed E-state index contributed by atoms with van der Waals surface area (Å²) in [6.07, 6.45) is 7.66. The normalized spacial score (nSPS) is 21.6. The van der Waals surface area contributed by atoms with Crippen molar-refractivity contribution in [3.63, 3.8) is 0 Å².